The second-order valence-electron chi connectivity index (χ2n) is 13.4. The predicted molar refractivity (Wildman–Crippen MR) is 183 cm³/mol. The van der Waals surface area contributed by atoms with Gasteiger partial charge in [-0.05, 0) is 48.6 Å². The van der Waals surface area contributed by atoms with Crippen LogP contribution in [0, 0.1) is 11.3 Å². The molecule has 2 rings (SSSR count). The summed E-state index contributed by atoms with van der Waals surface area (Å²) in [5, 5.41) is 6.15. The Bertz CT molecular complexity index is 1460. The number of carbonyl (C=O) groups is 3. The van der Waals surface area contributed by atoms with Gasteiger partial charge >= 0.3 is 0 Å². The molecule has 2 aromatic carbocycles. The lowest BCUT2D eigenvalue weighted by Crippen LogP contribution is -2.61. The average molecular weight is 659 g/mol. The molecule has 0 aliphatic heterocycles. The lowest BCUT2D eigenvalue weighted by atomic mass is 9.76. The zero-order valence-corrected chi connectivity index (χ0v) is 29.8. The molecule has 9 nitrogen and oxygen atoms in total. The number of likely N-dealkylation sites (N-methyl/N-ethyl adjacent to an activating group) is 2. The summed E-state index contributed by atoms with van der Waals surface area (Å²) in [6, 6.07) is 13.7. The molecule has 0 aromatic heterocycles. The number of nitrogens with one attached hydrogen (secondary N) is 3. The first-order chi connectivity index (χ1) is 20.8. The van der Waals surface area contributed by atoms with E-state index in [4.69, 9.17) is 0 Å². The highest BCUT2D eigenvalue weighted by molar-refractivity contribution is 7.90. The fourth-order valence-corrected chi connectivity index (χ4v) is 6.43. The van der Waals surface area contributed by atoms with Gasteiger partial charge < -0.3 is 15.5 Å². The second kappa shape index (κ2) is 15.4. The molecule has 0 saturated carbocycles. The van der Waals surface area contributed by atoms with Crippen LogP contribution in [0.4, 0.5) is 0 Å². The minimum Gasteiger partial charge on any atom is -0.342 e. The number of sulfonamides is 1. The third-order valence-corrected chi connectivity index (χ3v) is 9.80. The Morgan fingerprint density at radius 3 is 1.96 bits per heavy atom. The van der Waals surface area contributed by atoms with E-state index in [1.54, 1.807) is 32.3 Å². The SMILES string of the molecule is CN[C@H](C(=O)N[C@H](C(=O)N(C)C(C=C(C)C(=O)NS(=O)(=O)c1ccc(CS)cc1)C(C)C)C(C)(C)C)C(C)(C)c1ccccc1. The van der Waals surface area contributed by atoms with E-state index in [1.807, 2.05) is 78.8 Å². The molecule has 0 bridgehead atoms. The van der Waals surface area contributed by atoms with Crippen LogP contribution in [0.25, 0.3) is 0 Å². The van der Waals surface area contributed by atoms with Crippen LogP contribution in [0.2, 0.25) is 0 Å². The molecule has 3 N–H and O–H groups in total. The van der Waals surface area contributed by atoms with Crippen LogP contribution in [0.3, 0.4) is 0 Å². The Morgan fingerprint density at radius 1 is 0.933 bits per heavy atom. The van der Waals surface area contributed by atoms with Gasteiger partial charge in [-0.2, -0.15) is 12.6 Å². The van der Waals surface area contributed by atoms with Gasteiger partial charge in [0.2, 0.25) is 11.8 Å². The summed E-state index contributed by atoms with van der Waals surface area (Å²) in [6.45, 7) is 14.9. The van der Waals surface area contributed by atoms with Gasteiger partial charge in [0, 0.05) is 23.8 Å². The summed E-state index contributed by atoms with van der Waals surface area (Å²) in [5.41, 5.74) is 0.731. The number of thiol groups is 1. The number of carbonyl (C=O) groups excluding carboxylic acids is 3. The highest BCUT2D eigenvalue weighted by Crippen LogP contribution is 2.29. The third kappa shape index (κ3) is 9.67. The molecule has 11 heteroatoms. The van der Waals surface area contributed by atoms with Crippen molar-refractivity contribution >= 4 is 40.4 Å². The van der Waals surface area contributed by atoms with Crippen molar-refractivity contribution in [3.8, 4) is 0 Å². The molecule has 0 aliphatic rings. The van der Waals surface area contributed by atoms with Crippen molar-refractivity contribution in [2.24, 2.45) is 11.3 Å². The lowest BCUT2D eigenvalue weighted by molar-refractivity contribution is -0.140. The quantitative estimate of drug-likeness (QED) is 0.186. The fraction of sp³-hybridized carbons (Fsp3) is 0.500. The maximum atomic E-state index is 14.1. The molecule has 0 fully saturated rings. The molecule has 248 valence electrons. The van der Waals surface area contributed by atoms with E-state index in [2.05, 4.69) is 28.0 Å². The standard InChI is InChI=1S/C34H50N4O5S2/c1-22(2)27(20-23(3)30(39)37-45(42,43)26-18-16-24(21-44)17-19-26)38(10)32(41)29(33(4,5)6)36-31(40)28(35-9)34(7,8)25-14-12-11-13-15-25/h11-20,22,27-29,35,44H,21H2,1-10H3,(H,36,40)(H,37,39)/t27?,28-,29-/m1/s1. The first-order valence-corrected chi connectivity index (χ1v) is 17.1. The zero-order chi connectivity index (χ0) is 34.3. The van der Waals surface area contributed by atoms with E-state index in [0.29, 0.717) is 5.75 Å². The number of nitrogens with zero attached hydrogens (tertiary/aromatic N) is 1. The van der Waals surface area contributed by atoms with Crippen molar-refractivity contribution in [1.29, 1.82) is 0 Å². The summed E-state index contributed by atoms with van der Waals surface area (Å²) in [6.07, 6.45) is 1.59. The van der Waals surface area contributed by atoms with Gasteiger partial charge in [0.15, 0.2) is 0 Å². The molecule has 0 heterocycles. The van der Waals surface area contributed by atoms with E-state index < -0.39 is 44.9 Å². The molecule has 0 aliphatic carbocycles. The molecular formula is C34H50N4O5S2. The molecular weight excluding hydrogens is 609 g/mol. The van der Waals surface area contributed by atoms with E-state index >= 15 is 0 Å². The fourth-order valence-electron chi connectivity index (χ4n) is 5.20. The zero-order valence-electron chi connectivity index (χ0n) is 28.1. The maximum absolute atomic E-state index is 14.1. The monoisotopic (exact) mass is 658 g/mol. The largest absolute Gasteiger partial charge is 0.342 e. The summed E-state index contributed by atoms with van der Waals surface area (Å²) < 4.78 is 27.8. The van der Waals surface area contributed by atoms with E-state index in [9.17, 15) is 22.8 Å². The van der Waals surface area contributed by atoms with Crippen molar-refractivity contribution in [2.45, 2.75) is 89.6 Å². The summed E-state index contributed by atoms with van der Waals surface area (Å²) >= 11 is 4.18. The molecule has 3 atom stereocenters. The Kier molecular flexibility index (Phi) is 13.0. The Labute approximate surface area is 275 Å². The third-order valence-electron chi connectivity index (χ3n) is 8.09. The van der Waals surface area contributed by atoms with Gasteiger partial charge in [-0.1, -0.05) is 97.0 Å². The molecule has 0 spiro atoms. The molecule has 0 saturated heterocycles. The Balaban J connectivity index is 2.32. The minimum atomic E-state index is -4.11. The first kappa shape index (κ1) is 38.0. The molecule has 2 aromatic rings. The van der Waals surface area contributed by atoms with Crippen molar-refractivity contribution in [3.05, 3.63) is 77.4 Å². The lowest BCUT2D eigenvalue weighted by Gasteiger charge is -2.40. The number of rotatable bonds is 13. The maximum Gasteiger partial charge on any atom is 0.264 e. The van der Waals surface area contributed by atoms with Crippen molar-refractivity contribution in [2.75, 3.05) is 14.1 Å². The van der Waals surface area contributed by atoms with Crippen LogP contribution >= 0.6 is 12.6 Å². The van der Waals surface area contributed by atoms with Crippen LogP contribution in [-0.4, -0.2) is 63.3 Å². The average Bonchev–Trinajstić information content (AvgIpc) is 2.97. The molecule has 1 unspecified atom stereocenters. The Morgan fingerprint density at radius 2 is 1.49 bits per heavy atom. The highest BCUT2D eigenvalue weighted by Gasteiger charge is 2.41. The van der Waals surface area contributed by atoms with E-state index in [0.717, 1.165) is 11.1 Å². The summed E-state index contributed by atoms with van der Waals surface area (Å²) in [5.74, 6) is -1.11. The van der Waals surface area contributed by atoms with Crippen molar-refractivity contribution < 1.29 is 22.8 Å². The number of amides is 3. The minimum absolute atomic E-state index is 0.0408. The van der Waals surface area contributed by atoms with Crippen LogP contribution in [0.5, 0.6) is 0 Å². The second-order valence-corrected chi connectivity index (χ2v) is 15.4. The smallest absolute Gasteiger partial charge is 0.264 e. The van der Waals surface area contributed by atoms with Crippen molar-refractivity contribution in [3.63, 3.8) is 0 Å². The highest BCUT2D eigenvalue weighted by atomic mass is 32.2. The van der Waals surface area contributed by atoms with Gasteiger partial charge in [0.05, 0.1) is 17.0 Å². The van der Waals surface area contributed by atoms with Gasteiger partial charge in [0.1, 0.15) is 6.04 Å². The Hall–Kier alpha value is -3.15. The van der Waals surface area contributed by atoms with Gasteiger partial charge in [-0.3, -0.25) is 14.4 Å². The van der Waals surface area contributed by atoms with Crippen LogP contribution < -0.4 is 15.4 Å². The molecule has 3 amide bonds. The van der Waals surface area contributed by atoms with Gasteiger partial charge in [-0.25, -0.2) is 13.1 Å². The topological polar surface area (TPSA) is 125 Å². The van der Waals surface area contributed by atoms with Gasteiger partial charge in [0.25, 0.3) is 15.9 Å². The van der Waals surface area contributed by atoms with Crippen LogP contribution in [0.1, 0.15) is 66.5 Å². The molecule has 0 radical (unpaired) electrons. The number of hydrogen-bond donors (Lipinski definition) is 4. The molecule has 45 heavy (non-hydrogen) atoms. The summed E-state index contributed by atoms with van der Waals surface area (Å²) in [4.78, 5) is 42.3. The van der Waals surface area contributed by atoms with Crippen molar-refractivity contribution in [1.82, 2.24) is 20.3 Å². The first-order valence-electron chi connectivity index (χ1n) is 15.0. The van der Waals surface area contributed by atoms with Crippen LogP contribution in [0.15, 0.2) is 71.1 Å². The number of benzene rings is 2. The summed E-state index contributed by atoms with van der Waals surface area (Å²) in [7, 11) is -0.761. The van der Waals surface area contributed by atoms with Gasteiger partial charge in [-0.15, -0.1) is 0 Å². The van der Waals surface area contributed by atoms with E-state index in [-0.39, 0.29) is 28.2 Å². The van der Waals surface area contributed by atoms with E-state index in [1.165, 1.54) is 24.0 Å². The van der Waals surface area contributed by atoms with Crippen LogP contribution in [-0.2, 0) is 35.6 Å². The normalized spacial score (nSPS) is 14.8. The predicted octanol–water partition coefficient (Wildman–Crippen LogP) is 4.45. The number of hydrogen-bond acceptors (Lipinski definition) is 7.